The first-order valence-corrected chi connectivity index (χ1v) is 4.46. The quantitative estimate of drug-likeness (QED) is 0.508. The van der Waals surface area contributed by atoms with E-state index in [4.69, 9.17) is 0 Å². The minimum Gasteiger partial charge on any atom is -0.390 e. The van der Waals surface area contributed by atoms with Crippen molar-refractivity contribution in [3.05, 3.63) is 0 Å². The van der Waals surface area contributed by atoms with Crippen LogP contribution in [0.15, 0.2) is 0 Å². The second kappa shape index (κ2) is 4.43. The SMILES string of the molecule is CN(C)C(=O)N1CCNCC(O)C1. The summed E-state index contributed by atoms with van der Waals surface area (Å²) in [6, 6.07) is -0.0391. The molecular weight excluding hydrogens is 170 g/mol. The van der Waals surface area contributed by atoms with Crippen LogP contribution < -0.4 is 5.32 Å². The van der Waals surface area contributed by atoms with Crippen molar-refractivity contribution in [2.45, 2.75) is 6.10 Å². The first kappa shape index (κ1) is 10.3. The second-order valence-corrected chi connectivity index (χ2v) is 3.48. The Balaban J connectivity index is 2.52. The molecule has 1 unspecified atom stereocenters. The molecule has 1 aliphatic rings. The van der Waals surface area contributed by atoms with Crippen molar-refractivity contribution in [3.63, 3.8) is 0 Å². The van der Waals surface area contributed by atoms with E-state index in [2.05, 4.69) is 5.32 Å². The molecule has 1 heterocycles. The van der Waals surface area contributed by atoms with Crippen molar-refractivity contribution in [2.24, 2.45) is 0 Å². The summed E-state index contributed by atoms with van der Waals surface area (Å²) in [5.41, 5.74) is 0. The van der Waals surface area contributed by atoms with Crippen LogP contribution in [-0.4, -0.2) is 67.3 Å². The van der Waals surface area contributed by atoms with Gasteiger partial charge in [-0.2, -0.15) is 0 Å². The summed E-state index contributed by atoms with van der Waals surface area (Å²) >= 11 is 0. The minimum atomic E-state index is -0.452. The minimum absolute atomic E-state index is 0.0391. The van der Waals surface area contributed by atoms with Gasteiger partial charge in [-0.05, 0) is 0 Å². The number of nitrogens with zero attached hydrogens (tertiary/aromatic N) is 2. The molecule has 0 aromatic heterocycles. The molecule has 76 valence electrons. The highest BCUT2D eigenvalue weighted by Crippen LogP contribution is 1.99. The van der Waals surface area contributed by atoms with Gasteiger partial charge in [-0.1, -0.05) is 0 Å². The van der Waals surface area contributed by atoms with E-state index < -0.39 is 6.10 Å². The Labute approximate surface area is 78.3 Å². The molecule has 1 aliphatic heterocycles. The van der Waals surface area contributed by atoms with Crippen LogP contribution in [0.3, 0.4) is 0 Å². The lowest BCUT2D eigenvalue weighted by molar-refractivity contribution is 0.124. The van der Waals surface area contributed by atoms with Crippen molar-refractivity contribution in [1.29, 1.82) is 0 Å². The number of nitrogens with one attached hydrogen (secondary N) is 1. The highest BCUT2D eigenvalue weighted by atomic mass is 16.3. The van der Waals surface area contributed by atoms with E-state index in [1.807, 2.05) is 0 Å². The molecule has 0 aromatic carbocycles. The number of urea groups is 1. The molecule has 13 heavy (non-hydrogen) atoms. The summed E-state index contributed by atoms with van der Waals surface area (Å²) in [4.78, 5) is 14.7. The fourth-order valence-electron chi connectivity index (χ4n) is 1.35. The lowest BCUT2D eigenvalue weighted by Gasteiger charge is -2.25. The summed E-state index contributed by atoms with van der Waals surface area (Å²) in [5.74, 6) is 0. The zero-order valence-corrected chi connectivity index (χ0v) is 8.16. The fourth-order valence-corrected chi connectivity index (χ4v) is 1.35. The molecule has 2 N–H and O–H groups in total. The van der Waals surface area contributed by atoms with E-state index in [-0.39, 0.29) is 6.03 Å². The van der Waals surface area contributed by atoms with Crippen LogP contribution >= 0.6 is 0 Å². The Morgan fingerprint density at radius 1 is 1.62 bits per heavy atom. The van der Waals surface area contributed by atoms with E-state index >= 15 is 0 Å². The molecule has 0 aliphatic carbocycles. The van der Waals surface area contributed by atoms with Gasteiger partial charge < -0.3 is 20.2 Å². The molecule has 0 saturated carbocycles. The van der Waals surface area contributed by atoms with Gasteiger partial charge in [-0.3, -0.25) is 0 Å². The maximum Gasteiger partial charge on any atom is 0.319 e. The average Bonchev–Trinajstić information content (AvgIpc) is 2.28. The molecule has 5 heteroatoms. The summed E-state index contributed by atoms with van der Waals surface area (Å²) in [5, 5.41) is 12.5. The molecule has 1 saturated heterocycles. The maximum absolute atomic E-state index is 11.5. The number of hydrogen-bond acceptors (Lipinski definition) is 3. The molecule has 1 rings (SSSR count). The number of aliphatic hydroxyl groups excluding tert-OH is 1. The first-order chi connectivity index (χ1) is 6.11. The second-order valence-electron chi connectivity index (χ2n) is 3.48. The number of carbonyl (C=O) groups excluding carboxylic acids is 1. The number of hydrogen-bond donors (Lipinski definition) is 2. The topological polar surface area (TPSA) is 55.8 Å². The van der Waals surface area contributed by atoms with Crippen LogP contribution in [0.1, 0.15) is 0 Å². The average molecular weight is 187 g/mol. The molecule has 0 aromatic rings. The van der Waals surface area contributed by atoms with Gasteiger partial charge >= 0.3 is 6.03 Å². The van der Waals surface area contributed by atoms with Crippen LogP contribution in [0, 0.1) is 0 Å². The van der Waals surface area contributed by atoms with Gasteiger partial charge in [0.1, 0.15) is 0 Å². The number of β-amino-alcohol motifs (C(OH)–C–C–N with tert-alkyl or cyclic N) is 1. The molecular formula is C8H17N3O2. The summed E-state index contributed by atoms with van der Waals surface area (Å²) < 4.78 is 0. The van der Waals surface area contributed by atoms with Crippen LogP contribution in [0.4, 0.5) is 4.79 Å². The van der Waals surface area contributed by atoms with Gasteiger partial charge in [0.05, 0.1) is 6.10 Å². The first-order valence-electron chi connectivity index (χ1n) is 4.46. The molecule has 5 nitrogen and oxygen atoms in total. The van der Waals surface area contributed by atoms with Crippen LogP contribution in [0.25, 0.3) is 0 Å². The third kappa shape index (κ3) is 2.86. The van der Waals surface area contributed by atoms with E-state index in [1.165, 1.54) is 4.90 Å². The Morgan fingerprint density at radius 3 is 2.92 bits per heavy atom. The Hall–Kier alpha value is -0.810. The predicted molar refractivity (Wildman–Crippen MR) is 49.5 cm³/mol. The van der Waals surface area contributed by atoms with Gasteiger partial charge in [0.25, 0.3) is 0 Å². The van der Waals surface area contributed by atoms with E-state index in [0.717, 1.165) is 6.54 Å². The number of aliphatic hydroxyl groups is 1. The van der Waals surface area contributed by atoms with Crippen molar-refractivity contribution in [1.82, 2.24) is 15.1 Å². The van der Waals surface area contributed by atoms with Crippen molar-refractivity contribution in [3.8, 4) is 0 Å². The summed E-state index contributed by atoms with van der Waals surface area (Å²) in [7, 11) is 3.43. The van der Waals surface area contributed by atoms with Gasteiger partial charge in [-0.15, -0.1) is 0 Å². The van der Waals surface area contributed by atoms with Crippen LogP contribution in [0.2, 0.25) is 0 Å². The fraction of sp³-hybridized carbons (Fsp3) is 0.875. The van der Waals surface area contributed by atoms with Crippen molar-refractivity contribution in [2.75, 3.05) is 40.3 Å². The Kier molecular flexibility index (Phi) is 3.50. The molecule has 0 bridgehead atoms. The number of rotatable bonds is 0. The third-order valence-electron chi connectivity index (χ3n) is 2.02. The van der Waals surface area contributed by atoms with Gasteiger partial charge in [0, 0.05) is 40.3 Å². The zero-order chi connectivity index (χ0) is 9.84. The van der Waals surface area contributed by atoms with Gasteiger partial charge in [-0.25, -0.2) is 4.79 Å². The monoisotopic (exact) mass is 187 g/mol. The summed E-state index contributed by atoms with van der Waals surface area (Å²) in [6.07, 6.45) is -0.452. The highest BCUT2D eigenvalue weighted by molar-refractivity contribution is 5.73. The van der Waals surface area contributed by atoms with E-state index in [1.54, 1.807) is 19.0 Å². The largest absolute Gasteiger partial charge is 0.390 e. The molecule has 0 radical (unpaired) electrons. The van der Waals surface area contributed by atoms with Crippen molar-refractivity contribution < 1.29 is 9.90 Å². The summed E-state index contributed by atoms with van der Waals surface area (Å²) in [6.45, 7) is 2.39. The smallest absolute Gasteiger partial charge is 0.319 e. The van der Waals surface area contributed by atoms with Crippen LogP contribution in [0.5, 0.6) is 0 Å². The van der Waals surface area contributed by atoms with E-state index in [9.17, 15) is 9.90 Å². The third-order valence-corrected chi connectivity index (χ3v) is 2.02. The van der Waals surface area contributed by atoms with E-state index in [0.29, 0.717) is 19.6 Å². The van der Waals surface area contributed by atoms with Gasteiger partial charge in [0.2, 0.25) is 0 Å². The van der Waals surface area contributed by atoms with Gasteiger partial charge in [0.15, 0.2) is 0 Å². The lowest BCUT2D eigenvalue weighted by atomic mass is 10.3. The highest BCUT2D eigenvalue weighted by Gasteiger charge is 2.20. The van der Waals surface area contributed by atoms with Crippen molar-refractivity contribution >= 4 is 6.03 Å². The number of amides is 2. The Morgan fingerprint density at radius 2 is 2.31 bits per heavy atom. The number of carbonyl (C=O) groups is 1. The molecule has 0 spiro atoms. The maximum atomic E-state index is 11.5. The normalized spacial score (nSPS) is 23.9. The standard InChI is InChI=1S/C8H17N3O2/c1-10(2)8(13)11-4-3-9-5-7(12)6-11/h7,9,12H,3-6H2,1-2H3. The lowest BCUT2D eigenvalue weighted by Crippen LogP contribution is -2.43. The molecule has 1 fully saturated rings. The molecule has 2 amide bonds. The Bertz CT molecular complexity index is 184. The zero-order valence-electron chi connectivity index (χ0n) is 8.16. The predicted octanol–water partition coefficient (Wildman–Crippen LogP) is -1.07. The molecule has 1 atom stereocenters. The van der Waals surface area contributed by atoms with Crippen LogP contribution in [-0.2, 0) is 0 Å².